The van der Waals surface area contributed by atoms with Crippen molar-refractivity contribution in [3.8, 4) is 0 Å². The number of thioether (sulfide) groups is 1. The minimum absolute atomic E-state index is 0.0176. The van der Waals surface area contributed by atoms with Crippen LogP contribution in [0, 0.1) is 20.2 Å². The maximum atomic E-state index is 13.5. The van der Waals surface area contributed by atoms with Crippen LogP contribution < -0.4 is 0 Å². The molecule has 250 valence electrons. The summed E-state index contributed by atoms with van der Waals surface area (Å²) in [6, 6.07) is 11.8. The molecule has 2 heterocycles. The number of nitro groups is 2. The highest BCUT2D eigenvalue weighted by Gasteiger charge is 2.52. The monoisotopic (exact) mass is 674 g/mol. The second kappa shape index (κ2) is 14.4. The summed E-state index contributed by atoms with van der Waals surface area (Å²) in [5.74, 6) is 0.516. The van der Waals surface area contributed by atoms with E-state index in [4.69, 9.17) is 13.9 Å². The van der Waals surface area contributed by atoms with Gasteiger partial charge in [-0.25, -0.2) is 9.59 Å². The van der Waals surface area contributed by atoms with Gasteiger partial charge in [-0.1, -0.05) is 20.8 Å². The normalized spacial score (nSPS) is 20.1. The average molecular weight is 675 g/mol. The van der Waals surface area contributed by atoms with Gasteiger partial charge in [0.1, 0.15) is 18.9 Å². The number of likely N-dealkylation sites (tertiary alicyclic amines) is 2. The zero-order valence-electron chi connectivity index (χ0n) is 26.9. The maximum Gasteiger partial charge on any atom is 0.412 e. The van der Waals surface area contributed by atoms with Crippen molar-refractivity contribution in [2.45, 2.75) is 82.4 Å². The van der Waals surface area contributed by atoms with E-state index in [-0.39, 0.29) is 34.9 Å². The molecule has 2 aliphatic rings. The lowest BCUT2D eigenvalue weighted by Gasteiger charge is -2.47. The molecule has 2 aromatic carbocycles. The molecular formula is C31H42N4O9SSi. The van der Waals surface area contributed by atoms with Gasteiger partial charge < -0.3 is 18.8 Å². The summed E-state index contributed by atoms with van der Waals surface area (Å²) in [5, 5.41) is 21.9. The number of amides is 2. The molecule has 0 radical (unpaired) electrons. The number of non-ortho nitro benzene ring substituents is 2. The molecule has 2 aliphatic heterocycles. The van der Waals surface area contributed by atoms with E-state index in [1.54, 1.807) is 45.8 Å². The van der Waals surface area contributed by atoms with Crippen molar-refractivity contribution in [1.29, 1.82) is 0 Å². The first-order valence-corrected chi connectivity index (χ1v) is 19.2. The Morgan fingerprint density at radius 1 is 0.913 bits per heavy atom. The fourth-order valence-corrected chi connectivity index (χ4v) is 8.25. The van der Waals surface area contributed by atoms with Crippen molar-refractivity contribution in [3.05, 3.63) is 79.9 Å². The number of hydrogen-bond donors (Lipinski definition) is 0. The zero-order valence-corrected chi connectivity index (χ0v) is 28.7. The maximum absolute atomic E-state index is 13.5. The summed E-state index contributed by atoms with van der Waals surface area (Å²) >= 11 is 1.68. The van der Waals surface area contributed by atoms with Gasteiger partial charge in [-0.15, -0.1) is 0 Å². The lowest BCUT2D eigenvalue weighted by Crippen LogP contribution is -2.58. The third kappa shape index (κ3) is 8.56. The Bertz CT molecular complexity index is 1420. The summed E-state index contributed by atoms with van der Waals surface area (Å²) in [5.41, 5.74) is 0.384. The van der Waals surface area contributed by atoms with Crippen LogP contribution in [0.2, 0.25) is 18.1 Å². The van der Waals surface area contributed by atoms with Gasteiger partial charge in [0.05, 0.1) is 9.85 Å². The second-order valence-corrected chi connectivity index (χ2v) is 19.2. The minimum Gasteiger partial charge on any atom is -0.445 e. The van der Waals surface area contributed by atoms with Gasteiger partial charge >= 0.3 is 12.2 Å². The minimum atomic E-state index is -2.34. The van der Waals surface area contributed by atoms with Gasteiger partial charge in [0, 0.05) is 54.9 Å². The van der Waals surface area contributed by atoms with E-state index in [0.717, 1.165) is 12.8 Å². The van der Waals surface area contributed by atoms with Gasteiger partial charge in [-0.2, -0.15) is 11.8 Å². The van der Waals surface area contributed by atoms with Crippen LogP contribution in [0.3, 0.4) is 0 Å². The summed E-state index contributed by atoms with van der Waals surface area (Å²) < 4.78 is 18.2. The molecule has 1 unspecified atom stereocenters. The number of ether oxygens (including phenoxy) is 2. The summed E-state index contributed by atoms with van der Waals surface area (Å²) in [6.07, 6.45) is 1.25. The van der Waals surface area contributed by atoms with Crippen molar-refractivity contribution in [3.63, 3.8) is 0 Å². The largest absolute Gasteiger partial charge is 0.445 e. The van der Waals surface area contributed by atoms with Crippen LogP contribution in [-0.2, 0) is 27.1 Å². The molecule has 0 spiro atoms. The Morgan fingerprint density at radius 3 is 1.93 bits per heavy atom. The van der Waals surface area contributed by atoms with Gasteiger partial charge in [0.15, 0.2) is 8.32 Å². The molecule has 4 rings (SSSR count). The van der Waals surface area contributed by atoms with E-state index >= 15 is 0 Å². The predicted molar refractivity (Wildman–Crippen MR) is 176 cm³/mol. The van der Waals surface area contributed by atoms with E-state index in [1.165, 1.54) is 24.3 Å². The predicted octanol–water partition coefficient (Wildman–Crippen LogP) is 7.10. The fraction of sp³-hybridized carbons (Fsp3) is 0.548. The quantitative estimate of drug-likeness (QED) is 0.137. The van der Waals surface area contributed by atoms with Gasteiger partial charge in [0.2, 0.25) is 0 Å². The lowest BCUT2D eigenvalue weighted by atomic mass is 10.2. The SMILES string of the molecule is CC(C)(C)[Si](C)(C)OC1(CS[C@H]2CCN(C(=O)OCc3ccc([N+](=O)[O-])cc3)C2)CCCN1C(=O)OCc1ccc([N+](=O)[O-])cc1. The number of nitrogens with zero attached hydrogens (tertiary/aromatic N) is 4. The first-order chi connectivity index (χ1) is 21.6. The Kier molecular flexibility index (Phi) is 11.0. The number of benzene rings is 2. The van der Waals surface area contributed by atoms with Crippen molar-refractivity contribution in [2.24, 2.45) is 0 Å². The van der Waals surface area contributed by atoms with Crippen LogP contribution in [-0.4, -0.2) is 76.5 Å². The highest BCUT2D eigenvalue weighted by atomic mass is 32.2. The summed E-state index contributed by atoms with van der Waals surface area (Å²) in [7, 11) is -2.34. The first kappa shape index (κ1) is 35.2. The van der Waals surface area contributed by atoms with Crippen LogP contribution in [0.4, 0.5) is 21.0 Å². The van der Waals surface area contributed by atoms with E-state index in [9.17, 15) is 29.8 Å². The third-order valence-electron chi connectivity index (χ3n) is 8.88. The summed E-state index contributed by atoms with van der Waals surface area (Å²) in [6.45, 7) is 12.3. The summed E-state index contributed by atoms with van der Waals surface area (Å²) in [4.78, 5) is 50.6. The Labute approximate surface area is 274 Å². The Hall–Kier alpha value is -3.69. The number of carbonyl (C=O) groups excluding carboxylic acids is 2. The van der Waals surface area contributed by atoms with Crippen molar-refractivity contribution in [1.82, 2.24) is 9.80 Å². The van der Waals surface area contributed by atoms with Crippen LogP contribution in [0.1, 0.15) is 51.2 Å². The number of hydrogen-bond acceptors (Lipinski definition) is 10. The highest BCUT2D eigenvalue weighted by molar-refractivity contribution is 8.00. The van der Waals surface area contributed by atoms with E-state index in [1.807, 2.05) is 0 Å². The molecule has 2 atom stereocenters. The van der Waals surface area contributed by atoms with Crippen LogP contribution in [0.25, 0.3) is 0 Å². The molecular weight excluding hydrogens is 633 g/mol. The van der Waals surface area contributed by atoms with Crippen molar-refractivity contribution < 1.29 is 33.3 Å². The lowest BCUT2D eigenvalue weighted by molar-refractivity contribution is -0.385. The third-order valence-corrected chi connectivity index (χ3v) is 14.9. The smallest absolute Gasteiger partial charge is 0.412 e. The first-order valence-electron chi connectivity index (χ1n) is 15.2. The van der Waals surface area contributed by atoms with E-state index in [2.05, 4.69) is 33.9 Å². The standard InChI is InChI=1S/C31H42N4O9SSi/c1-30(2,3)46(4,5)44-31(16-6-17-33(31)29(37)43-21-24-9-13-26(14-10-24)35(40)41)22-45-27-15-18-32(19-27)28(36)42-20-23-7-11-25(12-8-23)34(38)39/h7-14,27H,6,15-22H2,1-5H3/t27-,31?/m0/s1. The molecule has 2 amide bonds. The zero-order chi connectivity index (χ0) is 33.7. The molecule has 15 heteroatoms. The van der Waals surface area contributed by atoms with Gasteiger partial charge in [-0.3, -0.25) is 25.1 Å². The second-order valence-electron chi connectivity index (χ2n) is 13.2. The Balaban J connectivity index is 1.39. The van der Waals surface area contributed by atoms with Crippen LogP contribution in [0.5, 0.6) is 0 Å². The Morgan fingerprint density at radius 2 is 1.43 bits per heavy atom. The van der Waals surface area contributed by atoms with Gasteiger partial charge in [-0.05, 0) is 72.8 Å². The number of rotatable bonds is 11. The molecule has 0 aliphatic carbocycles. The number of nitro benzene ring substituents is 2. The van der Waals surface area contributed by atoms with Crippen molar-refractivity contribution in [2.75, 3.05) is 25.4 Å². The van der Waals surface area contributed by atoms with Crippen LogP contribution in [0.15, 0.2) is 48.5 Å². The molecule has 2 aromatic rings. The topological polar surface area (TPSA) is 155 Å². The fourth-order valence-electron chi connectivity index (χ4n) is 5.19. The highest BCUT2D eigenvalue weighted by Crippen LogP contribution is 2.45. The van der Waals surface area contributed by atoms with E-state index < -0.39 is 36.1 Å². The molecule has 2 fully saturated rings. The van der Waals surface area contributed by atoms with Crippen LogP contribution >= 0.6 is 11.8 Å². The average Bonchev–Trinajstić information content (AvgIpc) is 3.65. The van der Waals surface area contributed by atoms with Gasteiger partial charge in [0.25, 0.3) is 11.4 Å². The van der Waals surface area contributed by atoms with Crippen molar-refractivity contribution >= 4 is 43.6 Å². The molecule has 0 N–H and O–H groups in total. The molecule has 46 heavy (non-hydrogen) atoms. The molecule has 0 saturated carbocycles. The number of carbonyl (C=O) groups is 2. The molecule has 2 saturated heterocycles. The molecule has 0 aromatic heterocycles. The molecule has 13 nitrogen and oxygen atoms in total. The van der Waals surface area contributed by atoms with E-state index in [0.29, 0.717) is 42.9 Å². The molecule has 0 bridgehead atoms.